The predicted octanol–water partition coefficient (Wildman–Crippen LogP) is 5.41. The average Bonchev–Trinajstić information content (AvgIpc) is 3.24. The number of carboxylic acid groups (broad SMARTS) is 1. The van der Waals surface area contributed by atoms with E-state index in [0.29, 0.717) is 11.5 Å². The number of nitrogens with zero attached hydrogens (tertiary/aromatic N) is 2. The quantitative estimate of drug-likeness (QED) is 0.698. The van der Waals surface area contributed by atoms with Gasteiger partial charge in [0.2, 0.25) is 0 Å². The minimum atomic E-state index is -0.659. The SMILES string of the molecule is O=C(O)C1CCN(Cc2ccc3cc(OC4CCC5(CCCC5)CC4)ccc3n2)CC1. The van der Waals surface area contributed by atoms with Crippen molar-refractivity contribution in [2.24, 2.45) is 11.3 Å². The molecule has 1 aliphatic heterocycles. The van der Waals surface area contributed by atoms with Gasteiger partial charge in [-0.05, 0) is 94.1 Å². The maximum absolute atomic E-state index is 11.1. The molecule has 3 aliphatic rings. The van der Waals surface area contributed by atoms with Crippen molar-refractivity contribution in [3.05, 3.63) is 36.0 Å². The predicted molar refractivity (Wildman–Crippen MR) is 121 cm³/mol. The van der Waals surface area contributed by atoms with Crippen molar-refractivity contribution in [2.45, 2.75) is 76.9 Å². The number of carbonyl (C=O) groups is 1. The number of pyridine rings is 1. The van der Waals surface area contributed by atoms with Crippen LogP contribution in [0.2, 0.25) is 0 Å². The van der Waals surface area contributed by atoms with Crippen LogP contribution in [0.5, 0.6) is 5.75 Å². The molecule has 0 radical (unpaired) electrons. The smallest absolute Gasteiger partial charge is 0.306 e. The molecule has 1 aromatic heterocycles. The molecule has 5 nitrogen and oxygen atoms in total. The van der Waals surface area contributed by atoms with E-state index in [-0.39, 0.29) is 5.92 Å². The highest BCUT2D eigenvalue weighted by Crippen LogP contribution is 2.49. The van der Waals surface area contributed by atoms with Crippen molar-refractivity contribution >= 4 is 16.9 Å². The van der Waals surface area contributed by atoms with E-state index in [4.69, 9.17) is 14.8 Å². The van der Waals surface area contributed by atoms with Crippen LogP contribution >= 0.6 is 0 Å². The Morgan fingerprint density at radius 1 is 1.03 bits per heavy atom. The molecule has 166 valence electrons. The summed E-state index contributed by atoms with van der Waals surface area (Å²) in [6.45, 7) is 2.43. The van der Waals surface area contributed by atoms with Gasteiger partial charge in [-0.3, -0.25) is 14.7 Å². The van der Waals surface area contributed by atoms with E-state index in [0.717, 1.165) is 54.8 Å². The molecule has 1 spiro atoms. The molecule has 0 bridgehead atoms. The number of carboxylic acids is 1. The Morgan fingerprint density at radius 3 is 2.48 bits per heavy atom. The van der Waals surface area contributed by atoms with E-state index in [1.807, 2.05) is 0 Å². The summed E-state index contributed by atoms with van der Waals surface area (Å²) >= 11 is 0. The minimum absolute atomic E-state index is 0.188. The van der Waals surface area contributed by atoms with Crippen LogP contribution in [0.3, 0.4) is 0 Å². The number of rotatable bonds is 5. The highest BCUT2D eigenvalue weighted by molar-refractivity contribution is 5.80. The van der Waals surface area contributed by atoms with E-state index >= 15 is 0 Å². The van der Waals surface area contributed by atoms with Gasteiger partial charge in [-0.1, -0.05) is 18.9 Å². The molecule has 0 unspecified atom stereocenters. The number of aromatic nitrogens is 1. The maximum atomic E-state index is 11.1. The van der Waals surface area contributed by atoms with Crippen molar-refractivity contribution < 1.29 is 14.6 Å². The fourth-order valence-corrected chi connectivity index (χ4v) is 6.01. The van der Waals surface area contributed by atoms with Crippen LogP contribution in [0.1, 0.15) is 69.9 Å². The number of likely N-dealkylation sites (tertiary alicyclic amines) is 1. The van der Waals surface area contributed by atoms with E-state index in [1.54, 1.807) is 0 Å². The van der Waals surface area contributed by atoms with Crippen LogP contribution < -0.4 is 4.74 Å². The molecule has 1 N–H and O–H groups in total. The lowest BCUT2D eigenvalue weighted by atomic mass is 9.72. The lowest BCUT2D eigenvalue weighted by Gasteiger charge is -2.37. The van der Waals surface area contributed by atoms with Crippen LogP contribution in [0.4, 0.5) is 0 Å². The van der Waals surface area contributed by atoms with Gasteiger partial charge >= 0.3 is 5.97 Å². The minimum Gasteiger partial charge on any atom is -0.490 e. The molecule has 5 rings (SSSR count). The zero-order valence-corrected chi connectivity index (χ0v) is 18.4. The third-order valence-corrected chi connectivity index (χ3v) is 8.00. The molecule has 1 saturated heterocycles. The number of hydrogen-bond acceptors (Lipinski definition) is 4. The molecule has 2 aliphatic carbocycles. The number of ether oxygens (including phenoxy) is 1. The summed E-state index contributed by atoms with van der Waals surface area (Å²) in [6.07, 6.45) is 12.6. The molecule has 0 atom stereocenters. The first-order chi connectivity index (χ1) is 15.1. The van der Waals surface area contributed by atoms with Crippen molar-refractivity contribution in [2.75, 3.05) is 13.1 Å². The van der Waals surface area contributed by atoms with Gasteiger partial charge in [-0.25, -0.2) is 0 Å². The lowest BCUT2D eigenvalue weighted by molar-refractivity contribution is -0.143. The third kappa shape index (κ3) is 4.72. The Balaban J connectivity index is 1.18. The Hall–Kier alpha value is -2.14. The molecule has 2 saturated carbocycles. The van der Waals surface area contributed by atoms with Crippen LogP contribution in [0.25, 0.3) is 10.9 Å². The number of aliphatic carboxylic acids is 1. The van der Waals surface area contributed by atoms with E-state index < -0.39 is 5.97 Å². The summed E-state index contributed by atoms with van der Waals surface area (Å²) in [7, 11) is 0. The zero-order valence-electron chi connectivity index (χ0n) is 18.4. The van der Waals surface area contributed by atoms with Crippen molar-refractivity contribution in [1.82, 2.24) is 9.88 Å². The van der Waals surface area contributed by atoms with Crippen LogP contribution in [0.15, 0.2) is 30.3 Å². The highest BCUT2D eigenvalue weighted by Gasteiger charge is 2.38. The molecule has 3 fully saturated rings. The van der Waals surface area contributed by atoms with Crippen LogP contribution in [0, 0.1) is 11.3 Å². The second-order valence-electron chi connectivity index (χ2n) is 10.1. The third-order valence-electron chi connectivity index (χ3n) is 8.00. The second-order valence-corrected chi connectivity index (χ2v) is 10.1. The molecule has 31 heavy (non-hydrogen) atoms. The number of fused-ring (bicyclic) bond motifs is 1. The van der Waals surface area contributed by atoms with Crippen LogP contribution in [-0.4, -0.2) is 40.2 Å². The molecule has 1 aromatic carbocycles. The van der Waals surface area contributed by atoms with Gasteiger partial charge in [0.1, 0.15) is 5.75 Å². The molecule has 2 heterocycles. The van der Waals surface area contributed by atoms with Gasteiger partial charge in [0.05, 0.1) is 23.2 Å². The topological polar surface area (TPSA) is 62.7 Å². The standard InChI is InChI=1S/C26H34N2O3/c29-25(30)19-9-15-28(16-10-19)18-21-4-3-20-17-23(5-6-24(20)27-21)31-22-7-13-26(14-8-22)11-1-2-12-26/h3-6,17,19,22H,1-2,7-16,18H2,(H,29,30). The molecular formula is C26H34N2O3. The van der Waals surface area contributed by atoms with Crippen molar-refractivity contribution in [1.29, 1.82) is 0 Å². The maximum Gasteiger partial charge on any atom is 0.306 e. The summed E-state index contributed by atoms with van der Waals surface area (Å²) in [6, 6.07) is 10.5. The molecule has 5 heteroatoms. The summed E-state index contributed by atoms with van der Waals surface area (Å²) < 4.78 is 6.36. The number of benzene rings is 1. The van der Waals surface area contributed by atoms with E-state index in [9.17, 15) is 4.79 Å². The summed E-state index contributed by atoms with van der Waals surface area (Å²) in [5.74, 6) is 0.116. The monoisotopic (exact) mass is 422 g/mol. The van der Waals surface area contributed by atoms with Crippen molar-refractivity contribution in [3.63, 3.8) is 0 Å². The molecular weight excluding hydrogens is 388 g/mol. The summed E-state index contributed by atoms with van der Waals surface area (Å²) in [5, 5.41) is 10.3. The normalized spacial score (nSPS) is 22.8. The lowest BCUT2D eigenvalue weighted by Crippen LogP contribution is -2.36. The van der Waals surface area contributed by atoms with Gasteiger partial charge in [-0.2, -0.15) is 0 Å². The summed E-state index contributed by atoms with van der Waals surface area (Å²) in [5.41, 5.74) is 2.69. The first-order valence-electron chi connectivity index (χ1n) is 12.1. The van der Waals surface area contributed by atoms with Gasteiger partial charge in [0.15, 0.2) is 0 Å². The first kappa shape index (κ1) is 20.7. The van der Waals surface area contributed by atoms with E-state index in [1.165, 1.54) is 51.4 Å². The van der Waals surface area contributed by atoms with Gasteiger partial charge in [-0.15, -0.1) is 0 Å². The fourth-order valence-electron chi connectivity index (χ4n) is 6.01. The number of piperidine rings is 1. The Kier molecular flexibility index (Phi) is 5.87. The Bertz CT molecular complexity index is 919. The number of hydrogen-bond donors (Lipinski definition) is 1. The highest BCUT2D eigenvalue weighted by atomic mass is 16.5. The second kappa shape index (κ2) is 8.78. The molecule has 0 amide bonds. The summed E-state index contributed by atoms with van der Waals surface area (Å²) in [4.78, 5) is 18.3. The van der Waals surface area contributed by atoms with Gasteiger partial charge in [0.25, 0.3) is 0 Å². The molecule has 2 aromatic rings. The fraction of sp³-hybridized carbons (Fsp3) is 0.615. The Morgan fingerprint density at radius 2 is 1.77 bits per heavy atom. The largest absolute Gasteiger partial charge is 0.490 e. The Labute approximate surface area is 184 Å². The van der Waals surface area contributed by atoms with Crippen LogP contribution in [-0.2, 0) is 11.3 Å². The van der Waals surface area contributed by atoms with E-state index in [2.05, 4.69) is 35.2 Å². The zero-order chi connectivity index (χ0) is 21.3. The first-order valence-corrected chi connectivity index (χ1v) is 12.1. The average molecular weight is 423 g/mol. The van der Waals surface area contributed by atoms with Gasteiger partial charge in [0, 0.05) is 11.9 Å². The van der Waals surface area contributed by atoms with Crippen molar-refractivity contribution in [3.8, 4) is 5.75 Å². The van der Waals surface area contributed by atoms with Gasteiger partial charge < -0.3 is 9.84 Å².